The van der Waals surface area contributed by atoms with Crippen LogP contribution >= 0.6 is 11.9 Å². The molecule has 13 heteroatoms. The Bertz CT molecular complexity index is 2180. The summed E-state index contributed by atoms with van der Waals surface area (Å²) in [6.45, 7) is -0.378. The van der Waals surface area contributed by atoms with Crippen molar-refractivity contribution in [3.8, 4) is 39.7 Å². The lowest BCUT2D eigenvalue weighted by atomic mass is 9.93. The second-order valence-electron chi connectivity index (χ2n) is 11.7. The molecule has 6 rings (SSSR count). The molecule has 2 heterocycles. The lowest BCUT2D eigenvalue weighted by Crippen LogP contribution is -2.35. The maximum atomic E-state index is 14.6. The van der Waals surface area contributed by atoms with Crippen molar-refractivity contribution in [2.24, 2.45) is 5.41 Å². The minimum absolute atomic E-state index is 0.0352. The molecule has 1 N–H and O–H groups in total. The molecule has 4 aromatic carbocycles. The van der Waals surface area contributed by atoms with Gasteiger partial charge in [-0.3, -0.25) is 13.6 Å². The molecule has 0 aliphatic rings. The highest BCUT2D eigenvalue weighted by Crippen LogP contribution is 2.45. The minimum atomic E-state index is -1.34. The van der Waals surface area contributed by atoms with Gasteiger partial charge in [-0.1, -0.05) is 24.9 Å². The summed E-state index contributed by atoms with van der Waals surface area (Å²) in [6.07, 6.45) is 1.76. The van der Waals surface area contributed by atoms with E-state index in [-0.39, 0.29) is 34.9 Å². The minimum Gasteiger partial charge on any atom is -0.496 e. The largest absolute Gasteiger partial charge is 0.496 e. The van der Waals surface area contributed by atoms with Gasteiger partial charge < -0.3 is 23.2 Å². The number of alkyl halides is 2. The van der Waals surface area contributed by atoms with Gasteiger partial charge in [-0.25, -0.2) is 18.2 Å². The number of halogens is 5. The number of nitrogens with one attached hydrogen (secondary N) is 1. The number of hydrogen-bond acceptors (Lipinski definition) is 7. The Kier molecular flexibility index (Phi) is 9.30. The Labute approximate surface area is 282 Å². The molecule has 2 aromatic heterocycles. The molecule has 0 spiro atoms. The van der Waals surface area contributed by atoms with Crippen LogP contribution in [0.5, 0.6) is 5.75 Å². The van der Waals surface area contributed by atoms with Crippen molar-refractivity contribution >= 4 is 45.6 Å². The van der Waals surface area contributed by atoms with E-state index in [0.29, 0.717) is 50.7 Å². The molecule has 0 aliphatic heterocycles. The Balaban J connectivity index is 1.63. The number of aromatic nitrogens is 1. The lowest BCUT2D eigenvalue weighted by Gasteiger charge is -2.32. The van der Waals surface area contributed by atoms with Crippen molar-refractivity contribution in [2.45, 2.75) is 6.92 Å². The van der Waals surface area contributed by atoms with Gasteiger partial charge in [-0.15, -0.1) is 0 Å². The molecule has 0 saturated heterocycles. The zero-order valence-corrected chi connectivity index (χ0v) is 27.6. The van der Waals surface area contributed by atoms with E-state index in [1.807, 2.05) is 0 Å². The fourth-order valence-corrected chi connectivity index (χ4v) is 6.34. The number of nitrogens with zero attached hydrogens (tertiary/aromatic N) is 2. The van der Waals surface area contributed by atoms with Crippen LogP contribution in [0.4, 0.5) is 27.6 Å². The first kappa shape index (κ1) is 33.8. The molecule has 0 aliphatic carbocycles. The van der Waals surface area contributed by atoms with Crippen LogP contribution in [-0.4, -0.2) is 51.2 Å². The van der Waals surface area contributed by atoms with Crippen LogP contribution in [0.25, 0.3) is 56.0 Å². The average Bonchev–Trinajstić information content (AvgIpc) is 3.71. The molecule has 1 amide bonds. The topological polar surface area (TPSA) is 80.7 Å². The van der Waals surface area contributed by atoms with Gasteiger partial charge in [0.2, 0.25) is 5.89 Å². The van der Waals surface area contributed by atoms with Gasteiger partial charge in [0.15, 0.2) is 11.4 Å². The fraction of sp³-hybridized carbons (Fsp3) is 0.222. The first-order valence-electron chi connectivity index (χ1n) is 15.0. The van der Waals surface area contributed by atoms with Crippen molar-refractivity contribution in [3.05, 3.63) is 89.7 Å². The van der Waals surface area contributed by atoms with Gasteiger partial charge in [-0.05, 0) is 48.0 Å². The van der Waals surface area contributed by atoms with Crippen LogP contribution in [0.15, 0.2) is 75.6 Å². The molecular formula is C36H30F5N3O4S. The number of oxazole rings is 1. The molecule has 0 radical (unpaired) electrons. The summed E-state index contributed by atoms with van der Waals surface area (Å²) in [5.74, 6) is -2.19. The van der Waals surface area contributed by atoms with E-state index < -0.39 is 42.1 Å². The normalized spacial score (nSPS) is 11.8. The molecule has 0 unspecified atom stereocenters. The molecular weight excluding hydrogens is 665 g/mol. The van der Waals surface area contributed by atoms with Gasteiger partial charge in [-0.2, -0.15) is 0 Å². The smallest absolute Gasteiger partial charge is 0.255 e. The zero-order valence-electron chi connectivity index (χ0n) is 26.8. The maximum absolute atomic E-state index is 14.6. The Morgan fingerprint density at radius 1 is 0.918 bits per heavy atom. The van der Waals surface area contributed by atoms with Crippen LogP contribution in [0.3, 0.4) is 0 Å². The van der Waals surface area contributed by atoms with E-state index in [1.165, 1.54) is 57.3 Å². The number of benzene rings is 4. The quantitative estimate of drug-likeness (QED) is 0.107. The highest BCUT2D eigenvalue weighted by molar-refractivity contribution is 8.00. The number of anilines is 1. The number of rotatable bonds is 11. The Morgan fingerprint density at radius 2 is 1.63 bits per heavy atom. The van der Waals surface area contributed by atoms with Crippen molar-refractivity contribution in [1.29, 1.82) is 0 Å². The summed E-state index contributed by atoms with van der Waals surface area (Å²) < 4.78 is 90.0. The van der Waals surface area contributed by atoms with E-state index in [0.717, 1.165) is 6.07 Å². The molecule has 254 valence electrons. The number of hydrogen-bond donors (Lipinski definition) is 1. The third-order valence-corrected chi connectivity index (χ3v) is 8.95. The van der Waals surface area contributed by atoms with Crippen LogP contribution in [0.1, 0.15) is 17.3 Å². The summed E-state index contributed by atoms with van der Waals surface area (Å²) in [7, 11) is 2.90. The van der Waals surface area contributed by atoms with Gasteiger partial charge in [0.1, 0.15) is 34.2 Å². The van der Waals surface area contributed by atoms with E-state index in [4.69, 9.17) is 13.6 Å². The standard InChI is InChI=1S/C36H30F5N3O4S/c1-36(16-37,17-38)18-44(49-4)27-15-29-24(31(34(45)42-2)33(47-29)19-5-8-21(39)9-6-19)14-23(27)20-7-10-28(46-3)25(11-20)35-43-32-26(41)12-22(40)13-30(32)48-35/h5-15H,16-18H2,1-4H3,(H,42,45). The number of ether oxygens (including phenoxy) is 1. The van der Waals surface area contributed by atoms with Crippen LogP contribution in [-0.2, 0) is 0 Å². The number of amides is 1. The second-order valence-corrected chi connectivity index (χ2v) is 12.5. The van der Waals surface area contributed by atoms with Crippen molar-refractivity contribution in [1.82, 2.24) is 10.3 Å². The molecule has 7 nitrogen and oxygen atoms in total. The summed E-state index contributed by atoms with van der Waals surface area (Å²) in [6, 6.07) is 15.7. The number of fused-ring (bicyclic) bond motifs is 2. The SMILES string of the molecule is CNC(=O)c1c(-c2ccc(F)cc2)oc2cc(N(CC(C)(CF)CF)SC)c(-c3ccc(OC)c(-c4nc5c(F)cc(F)cc5o4)c3)cc12. The van der Waals surface area contributed by atoms with E-state index in [9.17, 15) is 26.7 Å². The van der Waals surface area contributed by atoms with Gasteiger partial charge in [0, 0.05) is 60.0 Å². The average molecular weight is 696 g/mol. The summed E-state index contributed by atoms with van der Waals surface area (Å²) in [5, 5.41) is 3.05. The molecule has 0 saturated carbocycles. The molecule has 0 atom stereocenters. The molecule has 49 heavy (non-hydrogen) atoms. The third-order valence-electron chi connectivity index (χ3n) is 8.18. The first-order chi connectivity index (χ1) is 23.5. The summed E-state index contributed by atoms with van der Waals surface area (Å²) in [5.41, 5.74) is 1.19. The van der Waals surface area contributed by atoms with Gasteiger partial charge in [0.05, 0.1) is 37.3 Å². The first-order valence-corrected chi connectivity index (χ1v) is 16.2. The number of carbonyl (C=O) groups is 1. The van der Waals surface area contributed by atoms with Gasteiger partial charge >= 0.3 is 0 Å². The number of methoxy groups -OCH3 is 1. The second kappa shape index (κ2) is 13.5. The van der Waals surface area contributed by atoms with Crippen LogP contribution in [0, 0.1) is 22.9 Å². The van der Waals surface area contributed by atoms with E-state index in [2.05, 4.69) is 10.3 Å². The van der Waals surface area contributed by atoms with Crippen LogP contribution < -0.4 is 14.4 Å². The van der Waals surface area contributed by atoms with E-state index in [1.54, 1.807) is 40.9 Å². The van der Waals surface area contributed by atoms with Crippen molar-refractivity contribution in [2.75, 3.05) is 44.6 Å². The van der Waals surface area contributed by atoms with Gasteiger partial charge in [0.25, 0.3) is 5.91 Å². The van der Waals surface area contributed by atoms with Crippen molar-refractivity contribution in [3.63, 3.8) is 0 Å². The fourth-order valence-electron chi connectivity index (χ4n) is 5.55. The number of furan rings is 1. The third kappa shape index (κ3) is 6.30. The molecule has 0 bridgehead atoms. The zero-order chi connectivity index (χ0) is 35.0. The summed E-state index contributed by atoms with van der Waals surface area (Å²) >= 11 is 1.24. The summed E-state index contributed by atoms with van der Waals surface area (Å²) in [4.78, 5) is 17.6. The van der Waals surface area contributed by atoms with Crippen LogP contribution in [0.2, 0.25) is 0 Å². The lowest BCUT2D eigenvalue weighted by molar-refractivity contribution is 0.0964. The number of carbonyl (C=O) groups excluding carboxylic acids is 1. The molecule has 6 aromatic rings. The molecule has 0 fully saturated rings. The predicted octanol–water partition coefficient (Wildman–Crippen LogP) is 9.39. The monoisotopic (exact) mass is 695 g/mol. The maximum Gasteiger partial charge on any atom is 0.255 e. The predicted molar refractivity (Wildman–Crippen MR) is 181 cm³/mol. The Morgan fingerprint density at radius 3 is 2.29 bits per heavy atom. The van der Waals surface area contributed by atoms with Crippen molar-refractivity contribution < 1.29 is 40.3 Å². The Hall–Kier alpha value is -5.04. The highest BCUT2D eigenvalue weighted by Gasteiger charge is 2.31. The van der Waals surface area contributed by atoms with E-state index >= 15 is 0 Å². The highest BCUT2D eigenvalue weighted by atomic mass is 32.2.